The monoisotopic (exact) mass is 278 g/mol. The molecule has 1 unspecified atom stereocenters. The van der Waals surface area contributed by atoms with E-state index in [0.717, 1.165) is 12.8 Å². The summed E-state index contributed by atoms with van der Waals surface area (Å²) in [5.74, 6) is 0.767. The molecule has 0 aliphatic carbocycles. The highest BCUT2D eigenvalue weighted by molar-refractivity contribution is 5.92. The molecule has 0 aliphatic rings. The Morgan fingerprint density at radius 1 is 1.20 bits per heavy atom. The van der Waals surface area contributed by atoms with Gasteiger partial charge in [-0.05, 0) is 31.4 Å². The molecule has 1 rings (SSSR count). The van der Waals surface area contributed by atoms with Gasteiger partial charge in [0.1, 0.15) is 11.3 Å². The van der Waals surface area contributed by atoms with Crippen molar-refractivity contribution in [1.29, 1.82) is 0 Å². The van der Waals surface area contributed by atoms with Gasteiger partial charge in [0.2, 0.25) is 0 Å². The van der Waals surface area contributed by atoms with E-state index in [1.807, 2.05) is 19.1 Å². The van der Waals surface area contributed by atoms with Crippen LogP contribution < -0.4 is 4.74 Å². The van der Waals surface area contributed by atoms with E-state index in [1.54, 1.807) is 12.1 Å². The van der Waals surface area contributed by atoms with Gasteiger partial charge in [-0.25, -0.2) is 4.79 Å². The molecule has 0 aromatic heterocycles. The number of unbranched alkanes of at least 4 members (excludes halogenated alkanes) is 1. The van der Waals surface area contributed by atoms with Gasteiger partial charge in [0.25, 0.3) is 0 Å². The van der Waals surface area contributed by atoms with Gasteiger partial charge >= 0.3 is 5.97 Å². The molecule has 0 saturated heterocycles. The minimum Gasteiger partial charge on any atom is -0.493 e. The molecule has 3 nitrogen and oxygen atoms in total. The summed E-state index contributed by atoms with van der Waals surface area (Å²) in [5, 5.41) is 0. The van der Waals surface area contributed by atoms with E-state index in [0.29, 0.717) is 30.4 Å². The van der Waals surface area contributed by atoms with Crippen LogP contribution in [0.15, 0.2) is 24.3 Å². The standard InChI is InChI=1S/C17H26O3/c1-4-7-10-14(5-2)13-20-17(18)15-11-8-9-12-16(15)19-6-3/h8-9,11-12,14H,4-7,10,13H2,1-3H3. The Morgan fingerprint density at radius 2 is 1.95 bits per heavy atom. The van der Waals surface area contributed by atoms with E-state index in [-0.39, 0.29) is 5.97 Å². The van der Waals surface area contributed by atoms with Crippen LogP contribution in [0.2, 0.25) is 0 Å². The predicted octanol–water partition coefficient (Wildman–Crippen LogP) is 4.46. The second-order valence-electron chi connectivity index (χ2n) is 4.94. The fourth-order valence-corrected chi connectivity index (χ4v) is 2.09. The normalized spacial score (nSPS) is 11.9. The summed E-state index contributed by atoms with van der Waals surface area (Å²) in [5.41, 5.74) is 0.514. The molecule has 1 aromatic carbocycles. The highest BCUT2D eigenvalue weighted by Crippen LogP contribution is 2.20. The molecule has 20 heavy (non-hydrogen) atoms. The van der Waals surface area contributed by atoms with Crippen LogP contribution in [-0.2, 0) is 4.74 Å². The Bertz CT molecular complexity index is 401. The molecule has 0 bridgehead atoms. The topological polar surface area (TPSA) is 35.5 Å². The molecule has 0 spiro atoms. The average Bonchev–Trinajstić information content (AvgIpc) is 2.48. The van der Waals surface area contributed by atoms with Crippen LogP contribution in [0.25, 0.3) is 0 Å². The number of carbonyl (C=O) groups excluding carboxylic acids is 1. The summed E-state index contributed by atoms with van der Waals surface area (Å²) in [7, 11) is 0. The second kappa shape index (κ2) is 9.40. The molecule has 0 heterocycles. The van der Waals surface area contributed by atoms with E-state index in [2.05, 4.69) is 13.8 Å². The Morgan fingerprint density at radius 3 is 2.60 bits per heavy atom. The average molecular weight is 278 g/mol. The first-order chi connectivity index (χ1) is 9.72. The first-order valence-corrected chi connectivity index (χ1v) is 7.61. The van der Waals surface area contributed by atoms with Crippen LogP contribution in [0, 0.1) is 5.92 Å². The van der Waals surface area contributed by atoms with E-state index < -0.39 is 0 Å². The van der Waals surface area contributed by atoms with E-state index in [1.165, 1.54) is 12.8 Å². The third-order valence-electron chi connectivity index (χ3n) is 3.40. The third kappa shape index (κ3) is 5.24. The maximum atomic E-state index is 12.1. The van der Waals surface area contributed by atoms with Gasteiger partial charge in [-0.3, -0.25) is 0 Å². The highest BCUT2D eigenvalue weighted by Gasteiger charge is 2.15. The van der Waals surface area contributed by atoms with Crippen LogP contribution >= 0.6 is 0 Å². The van der Waals surface area contributed by atoms with Crippen molar-refractivity contribution in [1.82, 2.24) is 0 Å². The summed E-state index contributed by atoms with van der Waals surface area (Å²) in [6.45, 7) is 7.26. The number of ether oxygens (including phenoxy) is 2. The number of esters is 1. The highest BCUT2D eigenvalue weighted by atomic mass is 16.5. The predicted molar refractivity (Wildman–Crippen MR) is 81.2 cm³/mol. The van der Waals surface area contributed by atoms with Crippen molar-refractivity contribution < 1.29 is 14.3 Å². The van der Waals surface area contributed by atoms with Gasteiger partial charge in [0.05, 0.1) is 13.2 Å². The summed E-state index contributed by atoms with van der Waals surface area (Å²) in [4.78, 5) is 12.1. The summed E-state index contributed by atoms with van der Waals surface area (Å²) in [6, 6.07) is 7.24. The lowest BCUT2D eigenvalue weighted by molar-refractivity contribution is 0.0424. The van der Waals surface area contributed by atoms with Crippen LogP contribution in [0.4, 0.5) is 0 Å². The Kier molecular flexibility index (Phi) is 7.78. The molecule has 0 N–H and O–H groups in total. The summed E-state index contributed by atoms with van der Waals surface area (Å²) in [6.07, 6.45) is 4.52. The minimum absolute atomic E-state index is 0.288. The van der Waals surface area contributed by atoms with Crippen molar-refractivity contribution in [2.75, 3.05) is 13.2 Å². The molecule has 3 heteroatoms. The van der Waals surface area contributed by atoms with Gasteiger partial charge in [0.15, 0.2) is 0 Å². The van der Waals surface area contributed by atoms with Gasteiger partial charge < -0.3 is 9.47 Å². The zero-order chi connectivity index (χ0) is 14.8. The van der Waals surface area contributed by atoms with Crippen molar-refractivity contribution in [3.8, 4) is 5.75 Å². The van der Waals surface area contributed by atoms with Crippen molar-refractivity contribution >= 4 is 5.97 Å². The zero-order valence-corrected chi connectivity index (χ0v) is 12.9. The molecule has 112 valence electrons. The molecular weight excluding hydrogens is 252 g/mol. The van der Waals surface area contributed by atoms with Crippen LogP contribution in [-0.4, -0.2) is 19.2 Å². The second-order valence-corrected chi connectivity index (χ2v) is 4.94. The quantitative estimate of drug-likeness (QED) is 0.626. The summed E-state index contributed by atoms with van der Waals surface area (Å²) < 4.78 is 10.9. The Hall–Kier alpha value is -1.51. The Labute approximate surface area is 122 Å². The number of para-hydroxylation sites is 1. The molecule has 0 amide bonds. The maximum Gasteiger partial charge on any atom is 0.341 e. The SMILES string of the molecule is CCCCC(CC)COC(=O)c1ccccc1OCC. The first-order valence-electron chi connectivity index (χ1n) is 7.61. The molecule has 0 aliphatic heterocycles. The number of hydrogen-bond donors (Lipinski definition) is 0. The molecule has 0 saturated carbocycles. The lowest BCUT2D eigenvalue weighted by atomic mass is 10.0. The lowest BCUT2D eigenvalue weighted by Crippen LogP contribution is -2.15. The van der Waals surface area contributed by atoms with Crippen LogP contribution in [0.5, 0.6) is 5.75 Å². The fraction of sp³-hybridized carbons (Fsp3) is 0.588. The lowest BCUT2D eigenvalue weighted by Gasteiger charge is -2.15. The molecule has 0 fully saturated rings. The van der Waals surface area contributed by atoms with Gasteiger partial charge in [0, 0.05) is 0 Å². The zero-order valence-electron chi connectivity index (χ0n) is 12.9. The van der Waals surface area contributed by atoms with Crippen LogP contribution in [0.3, 0.4) is 0 Å². The van der Waals surface area contributed by atoms with Crippen molar-refractivity contribution in [2.45, 2.75) is 46.5 Å². The van der Waals surface area contributed by atoms with Crippen molar-refractivity contribution in [3.05, 3.63) is 29.8 Å². The largest absolute Gasteiger partial charge is 0.493 e. The third-order valence-corrected chi connectivity index (χ3v) is 3.40. The van der Waals surface area contributed by atoms with Gasteiger partial charge in [-0.1, -0.05) is 45.2 Å². The fourth-order valence-electron chi connectivity index (χ4n) is 2.09. The molecule has 1 aromatic rings. The smallest absolute Gasteiger partial charge is 0.341 e. The van der Waals surface area contributed by atoms with E-state index >= 15 is 0 Å². The number of rotatable bonds is 9. The van der Waals surface area contributed by atoms with Gasteiger partial charge in [-0.2, -0.15) is 0 Å². The van der Waals surface area contributed by atoms with E-state index in [9.17, 15) is 4.79 Å². The number of carbonyl (C=O) groups is 1. The Balaban J connectivity index is 2.57. The molecule has 1 atom stereocenters. The van der Waals surface area contributed by atoms with E-state index in [4.69, 9.17) is 9.47 Å². The van der Waals surface area contributed by atoms with Crippen molar-refractivity contribution in [3.63, 3.8) is 0 Å². The minimum atomic E-state index is -0.288. The molecular formula is C17H26O3. The number of hydrogen-bond acceptors (Lipinski definition) is 3. The van der Waals surface area contributed by atoms with Gasteiger partial charge in [-0.15, -0.1) is 0 Å². The molecule has 0 radical (unpaired) electrons. The summed E-state index contributed by atoms with van der Waals surface area (Å²) >= 11 is 0. The van der Waals surface area contributed by atoms with Crippen LogP contribution in [0.1, 0.15) is 56.8 Å². The maximum absolute atomic E-state index is 12.1. The first kappa shape index (κ1) is 16.5. The van der Waals surface area contributed by atoms with Crippen molar-refractivity contribution in [2.24, 2.45) is 5.92 Å². The number of benzene rings is 1.